The Morgan fingerprint density at radius 1 is 0.844 bits per heavy atom. The quantitative estimate of drug-likeness (QED) is 0.329. The van der Waals surface area contributed by atoms with Crippen LogP contribution >= 0.6 is 0 Å². The van der Waals surface area contributed by atoms with Gasteiger partial charge in [-0.25, -0.2) is 0 Å². The smallest absolute Gasteiger partial charge is 0.306 e. The Morgan fingerprint density at radius 2 is 1.56 bits per heavy atom. The molecule has 0 saturated carbocycles. The topological polar surface area (TPSA) is 65.0 Å². The molecular formula is C27H28O5. The molecule has 1 N–H and O–H groups in total. The summed E-state index contributed by atoms with van der Waals surface area (Å²) in [6.45, 7) is 3.36. The number of esters is 1. The molecule has 0 aliphatic heterocycles. The van der Waals surface area contributed by atoms with Crippen LogP contribution in [-0.2, 0) is 9.53 Å². The summed E-state index contributed by atoms with van der Waals surface area (Å²) < 4.78 is 16.8. The molecule has 0 saturated heterocycles. The monoisotopic (exact) mass is 432 g/mol. The molecular weight excluding hydrogens is 404 g/mol. The van der Waals surface area contributed by atoms with Crippen molar-refractivity contribution in [3.05, 3.63) is 77.9 Å². The van der Waals surface area contributed by atoms with Crippen molar-refractivity contribution in [2.45, 2.75) is 32.1 Å². The van der Waals surface area contributed by atoms with E-state index in [-0.39, 0.29) is 17.6 Å². The van der Waals surface area contributed by atoms with E-state index >= 15 is 0 Å². The average molecular weight is 433 g/mol. The normalized spacial score (nSPS) is 13.8. The number of carbonyl (C=O) groups is 1. The van der Waals surface area contributed by atoms with Crippen LogP contribution in [0.15, 0.2) is 66.7 Å². The Labute approximate surface area is 188 Å². The lowest BCUT2D eigenvalue weighted by atomic mass is 9.93. The van der Waals surface area contributed by atoms with Gasteiger partial charge >= 0.3 is 5.97 Å². The second kappa shape index (κ2) is 10.2. The number of aromatic hydroxyl groups is 1. The fraction of sp³-hybridized carbons (Fsp3) is 0.296. The Hall–Kier alpha value is -3.47. The summed E-state index contributed by atoms with van der Waals surface area (Å²) in [5.74, 6) is 1.47. The number of hydrogen-bond acceptors (Lipinski definition) is 5. The van der Waals surface area contributed by atoms with Gasteiger partial charge < -0.3 is 19.3 Å². The van der Waals surface area contributed by atoms with Gasteiger partial charge in [0.05, 0.1) is 26.2 Å². The molecule has 0 fully saturated rings. The molecule has 0 bridgehead atoms. The highest BCUT2D eigenvalue weighted by Crippen LogP contribution is 2.47. The van der Waals surface area contributed by atoms with Gasteiger partial charge in [0.25, 0.3) is 0 Å². The van der Waals surface area contributed by atoms with Crippen molar-refractivity contribution < 1.29 is 24.1 Å². The van der Waals surface area contributed by atoms with E-state index < -0.39 is 0 Å². The van der Waals surface area contributed by atoms with E-state index in [9.17, 15) is 9.90 Å². The van der Waals surface area contributed by atoms with E-state index in [1.54, 1.807) is 18.2 Å². The molecule has 0 amide bonds. The standard InChI is InChI=1S/C27H28O5/c1-2-30-27(29)18-26-23-11-4-3-10-22(23)24-13-12-21(17-25(24)26)32-15-6-5-14-31-20-9-7-8-19(28)16-20/h3-4,7-13,16-17,26,28H,2,5-6,14-15,18H2,1H3. The number of ether oxygens (including phenoxy) is 3. The number of fused-ring (bicyclic) bond motifs is 3. The Balaban J connectivity index is 1.34. The molecule has 0 aromatic heterocycles. The third kappa shape index (κ3) is 5.05. The lowest BCUT2D eigenvalue weighted by Gasteiger charge is -2.14. The van der Waals surface area contributed by atoms with Gasteiger partial charge in [-0.2, -0.15) is 0 Å². The van der Waals surface area contributed by atoms with Gasteiger partial charge in [0, 0.05) is 12.0 Å². The predicted octanol–water partition coefficient (Wildman–Crippen LogP) is 5.70. The van der Waals surface area contributed by atoms with Gasteiger partial charge in [0.15, 0.2) is 0 Å². The molecule has 166 valence electrons. The van der Waals surface area contributed by atoms with Crippen molar-refractivity contribution in [1.82, 2.24) is 0 Å². The van der Waals surface area contributed by atoms with E-state index in [2.05, 4.69) is 24.3 Å². The van der Waals surface area contributed by atoms with Gasteiger partial charge in [-0.1, -0.05) is 36.4 Å². The zero-order valence-electron chi connectivity index (χ0n) is 18.3. The number of benzene rings is 3. The molecule has 0 radical (unpaired) electrons. The van der Waals surface area contributed by atoms with E-state index in [0.29, 0.717) is 32.0 Å². The average Bonchev–Trinajstić information content (AvgIpc) is 3.09. The Bertz CT molecular complexity index is 1080. The van der Waals surface area contributed by atoms with E-state index in [1.807, 2.05) is 31.2 Å². The first-order chi connectivity index (χ1) is 15.7. The molecule has 1 unspecified atom stereocenters. The minimum Gasteiger partial charge on any atom is -0.508 e. The maximum atomic E-state index is 12.2. The zero-order valence-corrected chi connectivity index (χ0v) is 18.3. The van der Waals surface area contributed by atoms with E-state index in [1.165, 1.54) is 5.56 Å². The summed E-state index contributed by atoms with van der Waals surface area (Å²) in [6.07, 6.45) is 2.02. The van der Waals surface area contributed by atoms with Crippen molar-refractivity contribution in [1.29, 1.82) is 0 Å². The van der Waals surface area contributed by atoms with Crippen LogP contribution < -0.4 is 9.47 Å². The lowest BCUT2D eigenvalue weighted by Crippen LogP contribution is -2.10. The van der Waals surface area contributed by atoms with Crippen LogP contribution in [0.4, 0.5) is 0 Å². The second-order valence-electron chi connectivity index (χ2n) is 7.80. The Morgan fingerprint density at radius 3 is 2.31 bits per heavy atom. The van der Waals surface area contributed by atoms with Crippen LogP contribution in [0.1, 0.15) is 43.2 Å². The highest BCUT2D eigenvalue weighted by molar-refractivity contribution is 5.82. The van der Waals surface area contributed by atoms with Crippen molar-refractivity contribution in [2.75, 3.05) is 19.8 Å². The lowest BCUT2D eigenvalue weighted by molar-refractivity contribution is -0.143. The number of phenols is 1. The van der Waals surface area contributed by atoms with Crippen LogP contribution in [0.5, 0.6) is 17.2 Å². The first kappa shape index (κ1) is 21.8. The van der Waals surface area contributed by atoms with Gasteiger partial charge in [-0.05, 0) is 66.3 Å². The zero-order chi connectivity index (χ0) is 22.3. The fourth-order valence-electron chi connectivity index (χ4n) is 4.14. The van der Waals surface area contributed by atoms with Crippen LogP contribution in [0.3, 0.4) is 0 Å². The van der Waals surface area contributed by atoms with Gasteiger partial charge in [-0.3, -0.25) is 4.79 Å². The molecule has 0 heterocycles. The molecule has 4 rings (SSSR count). The first-order valence-electron chi connectivity index (χ1n) is 11.1. The molecule has 3 aromatic carbocycles. The summed E-state index contributed by atoms with van der Waals surface area (Å²) in [6, 6.07) is 21.2. The summed E-state index contributed by atoms with van der Waals surface area (Å²) in [5.41, 5.74) is 4.61. The van der Waals surface area contributed by atoms with Crippen LogP contribution in [0.2, 0.25) is 0 Å². The van der Waals surface area contributed by atoms with Gasteiger partial charge in [0.2, 0.25) is 0 Å². The summed E-state index contributed by atoms with van der Waals surface area (Å²) >= 11 is 0. The first-order valence-corrected chi connectivity index (χ1v) is 11.1. The minimum absolute atomic E-state index is 0.0144. The highest BCUT2D eigenvalue weighted by atomic mass is 16.5. The van der Waals surface area contributed by atoms with Crippen molar-refractivity contribution in [3.8, 4) is 28.4 Å². The number of rotatable bonds is 10. The van der Waals surface area contributed by atoms with Crippen molar-refractivity contribution in [2.24, 2.45) is 0 Å². The second-order valence-corrected chi connectivity index (χ2v) is 7.80. The maximum absolute atomic E-state index is 12.2. The molecule has 3 aromatic rings. The molecule has 0 spiro atoms. The van der Waals surface area contributed by atoms with Crippen LogP contribution in [0, 0.1) is 0 Å². The summed E-state index contributed by atoms with van der Waals surface area (Å²) in [4.78, 5) is 12.2. The van der Waals surface area contributed by atoms with E-state index in [4.69, 9.17) is 14.2 Å². The highest BCUT2D eigenvalue weighted by Gasteiger charge is 2.30. The molecule has 1 aliphatic rings. The molecule has 5 nitrogen and oxygen atoms in total. The maximum Gasteiger partial charge on any atom is 0.306 e. The Kier molecular flexibility index (Phi) is 6.95. The van der Waals surface area contributed by atoms with Crippen LogP contribution in [0.25, 0.3) is 11.1 Å². The molecule has 1 atom stereocenters. The number of unbranched alkanes of at least 4 members (excludes halogenated alkanes) is 1. The summed E-state index contributed by atoms with van der Waals surface area (Å²) in [5, 5.41) is 9.47. The number of carbonyl (C=O) groups excluding carboxylic acids is 1. The van der Waals surface area contributed by atoms with Gasteiger partial charge in [-0.15, -0.1) is 0 Å². The summed E-state index contributed by atoms with van der Waals surface area (Å²) in [7, 11) is 0. The molecule has 32 heavy (non-hydrogen) atoms. The molecule has 5 heteroatoms. The fourth-order valence-corrected chi connectivity index (χ4v) is 4.14. The van der Waals surface area contributed by atoms with Crippen LogP contribution in [-0.4, -0.2) is 30.9 Å². The van der Waals surface area contributed by atoms with Gasteiger partial charge in [0.1, 0.15) is 17.2 Å². The largest absolute Gasteiger partial charge is 0.508 e. The number of hydrogen-bond donors (Lipinski definition) is 1. The minimum atomic E-state index is -0.182. The van der Waals surface area contributed by atoms with Crippen molar-refractivity contribution >= 4 is 5.97 Å². The van der Waals surface area contributed by atoms with E-state index in [0.717, 1.165) is 35.3 Å². The predicted molar refractivity (Wildman–Crippen MR) is 123 cm³/mol. The third-order valence-corrected chi connectivity index (χ3v) is 5.59. The SMILES string of the molecule is CCOC(=O)CC1c2ccccc2-c2ccc(OCCCCOc3cccc(O)c3)cc21. The third-order valence-electron chi connectivity index (χ3n) is 5.59. The molecule has 1 aliphatic carbocycles. The van der Waals surface area contributed by atoms with Crippen molar-refractivity contribution in [3.63, 3.8) is 0 Å². The number of phenolic OH excluding ortho intramolecular Hbond substituents is 1.